The summed E-state index contributed by atoms with van der Waals surface area (Å²) in [4.78, 5) is 10.5. The Hall–Kier alpha value is -1.28. The van der Waals surface area contributed by atoms with Gasteiger partial charge in [-0.2, -0.15) is 0 Å². The van der Waals surface area contributed by atoms with Crippen molar-refractivity contribution in [3.63, 3.8) is 0 Å². The molecule has 1 aliphatic carbocycles. The second-order valence-electron chi connectivity index (χ2n) is 3.63. The van der Waals surface area contributed by atoms with Crippen LogP contribution in [0.1, 0.15) is 24.0 Å². The van der Waals surface area contributed by atoms with Gasteiger partial charge in [-0.1, -0.05) is 23.7 Å². The number of fused-ring (bicyclic) bond motifs is 1. The third-order valence-electron chi connectivity index (χ3n) is 2.59. The van der Waals surface area contributed by atoms with Gasteiger partial charge >= 0.3 is 5.97 Å². The summed E-state index contributed by atoms with van der Waals surface area (Å²) in [5.41, 5.74) is 3.46. The number of hydrogen-bond donors (Lipinski definition) is 1. The number of benzene rings is 1. The lowest BCUT2D eigenvalue weighted by atomic mass is 10.0. The van der Waals surface area contributed by atoms with Crippen molar-refractivity contribution in [3.05, 3.63) is 40.4 Å². The summed E-state index contributed by atoms with van der Waals surface area (Å²) in [5.74, 6) is -0.758. The molecule has 0 saturated heterocycles. The molecule has 0 radical (unpaired) electrons. The van der Waals surface area contributed by atoms with Gasteiger partial charge in [0.25, 0.3) is 0 Å². The summed E-state index contributed by atoms with van der Waals surface area (Å²) in [6.07, 6.45) is 3.74. The maximum absolute atomic E-state index is 10.5. The summed E-state index contributed by atoms with van der Waals surface area (Å²) >= 11 is 5.91. The van der Waals surface area contributed by atoms with Crippen molar-refractivity contribution in [2.24, 2.45) is 0 Å². The second kappa shape index (κ2) is 4.07. The van der Waals surface area contributed by atoms with Gasteiger partial charge in [0, 0.05) is 11.4 Å². The molecule has 3 heteroatoms. The van der Waals surface area contributed by atoms with Crippen molar-refractivity contribution < 1.29 is 9.90 Å². The Morgan fingerprint density at radius 2 is 2.27 bits per heavy atom. The third kappa shape index (κ3) is 2.21. The van der Waals surface area contributed by atoms with Crippen LogP contribution in [0.3, 0.4) is 0 Å². The summed E-state index contributed by atoms with van der Waals surface area (Å²) < 4.78 is 0. The molecule has 1 aromatic rings. The number of aliphatic carboxylic acids is 1. The lowest BCUT2D eigenvalue weighted by molar-refractivity contribution is -0.136. The quantitative estimate of drug-likeness (QED) is 0.853. The van der Waals surface area contributed by atoms with E-state index in [0.717, 1.165) is 17.6 Å². The molecule has 0 saturated carbocycles. The molecule has 0 bridgehead atoms. The average Bonchev–Trinajstić information content (AvgIpc) is 2.57. The molecule has 0 fully saturated rings. The van der Waals surface area contributed by atoms with Crippen LogP contribution in [0.5, 0.6) is 0 Å². The van der Waals surface area contributed by atoms with E-state index in [9.17, 15) is 4.79 Å². The summed E-state index contributed by atoms with van der Waals surface area (Å²) in [6, 6.07) is 5.79. The first-order chi connectivity index (χ1) is 7.16. The number of carbonyl (C=O) groups is 1. The van der Waals surface area contributed by atoms with Crippen molar-refractivity contribution in [3.8, 4) is 0 Å². The topological polar surface area (TPSA) is 37.3 Å². The highest BCUT2D eigenvalue weighted by molar-refractivity contribution is 6.30. The van der Waals surface area contributed by atoms with Gasteiger partial charge in [-0.05, 0) is 41.7 Å². The molecule has 0 heterocycles. The van der Waals surface area contributed by atoms with Gasteiger partial charge in [0.1, 0.15) is 0 Å². The van der Waals surface area contributed by atoms with Crippen LogP contribution in [0.4, 0.5) is 0 Å². The fourth-order valence-corrected chi connectivity index (χ4v) is 2.02. The van der Waals surface area contributed by atoms with Crippen LogP contribution in [-0.4, -0.2) is 11.1 Å². The van der Waals surface area contributed by atoms with Crippen molar-refractivity contribution in [2.75, 3.05) is 0 Å². The minimum absolute atomic E-state index is 0.178. The Bertz CT molecular complexity index is 435. The highest BCUT2D eigenvalue weighted by atomic mass is 35.5. The van der Waals surface area contributed by atoms with Gasteiger partial charge in [0.2, 0.25) is 0 Å². The average molecular weight is 223 g/mol. The highest BCUT2D eigenvalue weighted by Gasteiger charge is 2.14. The zero-order valence-electron chi connectivity index (χ0n) is 8.16. The molecule has 0 aromatic heterocycles. The minimum atomic E-state index is -0.758. The molecule has 78 valence electrons. The smallest absolute Gasteiger partial charge is 0.303 e. The Kier molecular flexibility index (Phi) is 2.78. The van der Waals surface area contributed by atoms with Crippen molar-refractivity contribution >= 4 is 23.1 Å². The van der Waals surface area contributed by atoms with Crippen LogP contribution < -0.4 is 0 Å². The number of carboxylic acid groups (broad SMARTS) is 1. The predicted octanol–water partition coefficient (Wildman–Crippen LogP) is 3.14. The maximum atomic E-state index is 10.5. The monoisotopic (exact) mass is 222 g/mol. The Balaban J connectivity index is 2.19. The maximum Gasteiger partial charge on any atom is 0.303 e. The van der Waals surface area contributed by atoms with Crippen LogP contribution in [0, 0.1) is 0 Å². The molecule has 2 rings (SSSR count). The van der Waals surface area contributed by atoms with E-state index < -0.39 is 5.97 Å². The van der Waals surface area contributed by atoms with Crippen LogP contribution in [0.15, 0.2) is 24.3 Å². The summed E-state index contributed by atoms with van der Waals surface area (Å²) in [7, 11) is 0. The standard InChI is InChI=1S/C12H11ClO2/c13-10-5-3-8-1-2-9(11(8)7-10)4-6-12(14)15/h2-3,5,7H,1,4,6H2,(H,14,15). The largest absolute Gasteiger partial charge is 0.481 e. The molecule has 0 spiro atoms. The summed E-state index contributed by atoms with van der Waals surface area (Å²) in [5, 5.41) is 9.33. The summed E-state index contributed by atoms with van der Waals surface area (Å²) in [6.45, 7) is 0. The van der Waals surface area contributed by atoms with Crippen LogP contribution in [0.25, 0.3) is 5.57 Å². The van der Waals surface area contributed by atoms with E-state index >= 15 is 0 Å². The van der Waals surface area contributed by atoms with Crippen molar-refractivity contribution in [1.29, 1.82) is 0 Å². The van der Waals surface area contributed by atoms with E-state index in [4.69, 9.17) is 16.7 Å². The van der Waals surface area contributed by atoms with Crippen LogP contribution >= 0.6 is 11.6 Å². The highest BCUT2D eigenvalue weighted by Crippen LogP contribution is 2.32. The number of allylic oxidation sites excluding steroid dienone is 2. The van der Waals surface area contributed by atoms with Crippen molar-refractivity contribution in [2.45, 2.75) is 19.3 Å². The Labute approximate surface area is 93.2 Å². The Morgan fingerprint density at radius 3 is 3.00 bits per heavy atom. The third-order valence-corrected chi connectivity index (χ3v) is 2.83. The molecule has 1 aromatic carbocycles. The molecule has 0 aliphatic heterocycles. The molecular formula is C12H11ClO2. The van der Waals surface area contributed by atoms with Gasteiger partial charge in [-0.15, -0.1) is 0 Å². The minimum Gasteiger partial charge on any atom is -0.481 e. The number of carboxylic acids is 1. The number of rotatable bonds is 3. The van der Waals surface area contributed by atoms with E-state index in [-0.39, 0.29) is 6.42 Å². The number of hydrogen-bond acceptors (Lipinski definition) is 1. The fourth-order valence-electron chi connectivity index (χ4n) is 1.85. The van der Waals surface area contributed by atoms with E-state index in [1.165, 1.54) is 5.56 Å². The van der Waals surface area contributed by atoms with Gasteiger partial charge in [-0.3, -0.25) is 4.79 Å². The van der Waals surface area contributed by atoms with E-state index in [1.807, 2.05) is 18.2 Å². The molecule has 1 aliphatic rings. The zero-order chi connectivity index (χ0) is 10.8. The fraction of sp³-hybridized carbons (Fsp3) is 0.250. The molecule has 15 heavy (non-hydrogen) atoms. The zero-order valence-corrected chi connectivity index (χ0v) is 8.92. The molecule has 0 atom stereocenters. The van der Waals surface area contributed by atoms with Crippen LogP contribution in [-0.2, 0) is 11.2 Å². The predicted molar refractivity (Wildman–Crippen MR) is 60.0 cm³/mol. The van der Waals surface area contributed by atoms with E-state index in [2.05, 4.69) is 6.08 Å². The Morgan fingerprint density at radius 1 is 1.47 bits per heavy atom. The molecular weight excluding hydrogens is 212 g/mol. The van der Waals surface area contributed by atoms with E-state index in [0.29, 0.717) is 11.4 Å². The normalized spacial score (nSPS) is 13.5. The van der Waals surface area contributed by atoms with Gasteiger partial charge in [0.15, 0.2) is 0 Å². The van der Waals surface area contributed by atoms with Gasteiger partial charge in [-0.25, -0.2) is 0 Å². The van der Waals surface area contributed by atoms with Gasteiger partial charge in [0.05, 0.1) is 0 Å². The molecule has 0 unspecified atom stereocenters. The molecule has 1 N–H and O–H groups in total. The lowest BCUT2D eigenvalue weighted by Gasteiger charge is -2.04. The van der Waals surface area contributed by atoms with Crippen LogP contribution in [0.2, 0.25) is 5.02 Å². The van der Waals surface area contributed by atoms with Crippen molar-refractivity contribution in [1.82, 2.24) is 0 Å². The molecule has 2 nitrogen and oxygen atoms in total. The first-order valence-corrected chi connectivity index (χ1v) is 5.24. The number of halogens is 1. The second-order valence-corrected chi connectivity index (χ2v) is 4.07. The first-order valence-electron chi connectivity index (χ1n) is 4.86. The SMILES string of the molecule is O=C(O)CCC1=CCc2ccc(Cl)cc21. The lowest BCUT2D eigenvalue weighted by Crippen LogP contribution is -1.94. The first kappa shape index (κ1) is 10.2. The van der Waals surface area contributed by atoms with Gasteiger partial charge < -0.3 is 5.11 Å². The van der Waals surface area contributed by atoms with E-state index in [1.54, 1.807) is 0 Å². The molecule has 0 amide bonds.